The van der Waals surface area contributed by atoms with E-state index < -0.39 is 0 Å². The number of fused-ring (bicyclic) bond motifs is 1. The molecule has 3 aromatic heterocycles. The van der Waals surface area contributed by atoms with Crippen LogP contribution in [0.5, 0.6) is 0 Å². The number of hydrogen-bond acceptors (Lipinski definition) is 5. The molecule has 4 aromatic rings. The molecule has 0 saturated carbocycles. The van der Waals surface area contributed by atoms with E-state index in [4.69, 9.17) is 14.5 Å². The molecule has 0 saturated heterocycles. The Labute approximate surface area is 186 Å². The highest BCUT2D eigenvalue weighted by molar-refractivity contribution is 5.58. The number of para-hydroxylation sites is 1. The average Bonchev–Trinajstić information content (AvgIpc) is 3.40. The number of aromatic amines is 1. The fourth-order valence-corrected chi connectivity index (χ4v) is 4.16. The van der Waals surface area contributed by atoms with Crippen LogP contribution in [0, 0.1) is 6.92 Å². The maximum Gasteiger partial charge on any atom is 0.255 e. The van der Waals surface area contributed by atoms with Crippen LogP contribution in [-0.4, -0.2) is 31.2 Å². The van der Waals surface area contributed by atoms with Gasteiger partial charge in [-0.05, 0) is 31.2 Å². The second-order valence-corrected chi connectivity index (χ2v) is 8.69. The second-order valence-electron chi connectivity index (χ2n) is 8.69. The fourth-order valence-electron chi connectivity index (χ4n) is 4.16. The van der Waals surface area contributed by atoms with Crippen molar-refractivity contribution in [3.05, 3.63) is 87.4 Å². The molecule has 164 valence electrons. The molecule has 0 atom stereocenters. The third kappa shape index (κ3) is 3.91. The number of aryl methyl sites for hydroxylation is 1. The topological polar surface area (TPSA) is 80.0 Å². The lowest BCUT2D eigenvalue weighted by atomic mass is 10.0. The number of aromatic nitrogens is 4. The predicted octanol–water partition coefficient (Wildman–Crippen LogP) is 4.21. The Morgan fingerprint density at radius 2 is 1.97 bits per heavy atom. The highest BCUT2D eigenvalue weighted by Gasteiger charge is 2.24. The smallest absolute Gasteiger partial charge is 0.255 e. The van der Waals surface area contributed by atoms with Crippen LogP contribution >= 0.6 is 0 Å². The number of H-pyrrole nitrogens is 1. The number of benzene rings is 1. The summed E-state index contributed by atoms with van der Waals surface area (Å²) in [6.45, 7) is 8.11. The molecule has 32 heavy (non-hydrogen) atoms. The van der Waals surface area contributed by atoms with Gasteiger partial charge in [0.15, 0.2) is 5.76 Å². The zero-order valence-corrected chi connectivity index (χ0v) is 18.6. The Balaban J connectivity index is 1.46. The van der Waals surface area contributed by atoms with Gasteiger partial charge in [0.25, 0.3) is 5.56 Å². The molecule has 0 amide bonds. The minimum absolute atomic E-state index is 0.0229. The van der Waals surface area contributed by atoms with Gasteiger partial charge in [0.05, 0.1) is 16.9 Å². The van der Waals surface area contributed by atoms with Crippen molar-refractivity contribution >= 4 is 0 Å². The molecule has 7 nitrogen and oxygen atoms in total. The van der Waals surface area contributed by atoms with E-state index in [9.17, 15) is 4.79 Å². The molecule has 4 heterocycles. The van der Waals surface area contributed by atoms with Gasteiger partial charge in [0.1, 0.15) is 17.3 Å². The summed E-state index contributed by atoms with van der Waals surface area (Å²) >= 11 is 0. The molecule has 1 aliphatic heterocycles. The number of hydrogen-bond donors (Lipinski definition) is 1. The third-order valence-electron chi connectivity index (χ3n) is 5.89. The SMILES string of the molecule is Cc1ccc(-c2nn(-c3ccccc3)cc2CN2CCc3nc(C(C)C)[nH]c(=O)c3C2)o1. The Hall–Kier alpha value is -3.45. The molecule has 1 N–H and O–H groups in total. The van der Waals surface area contributed by atoms with Gasteiger partial charge < -0.3 is 9.40 Å². The fraction of sp³-hybridized carbons (Fsp3) is 0.320. The summed E-state index contributed by atoms with van der Waals surface area (Å²) in [6, 6.07) is 14.0. The Bertz CT molecular complexity index is 1300. The van der Waals surface area contributed by atoms with Crippen LogP contribution in [0.2, 0.25) is 0 Å². The minimum atomic E-state index is -0.0229. The maximum absolute atomic E-state index is 12.7. The second kappa shape index (κ2) is 8.24. The van der Waals surface area contributed by atoms with E-state index in [0.717, 1.165) is 58.5 Å². The molecule has 7 heteroatoms. The minimum Gasteiger partial charge on any atom is -0.460 e. The predicted molar refractivity (Wildman–Crippen MR) is 123 cm³/mol. The van der Waals surface area contributed by atoms with E-state index in [0.29, 0.717) is 13.1 Å². The summed E-state index contributed by atoms with van der Waals surface area (Å²) in [6.07, 6.45) is 2.82. The van der Waals surface area contributed by atoms with Crippen molar-refractivity contribution in [1.82, 2.24) is 24.6 Å². The van der Waals surface area contributed by atoms with E-state index in [-0.39, 0.29) is 11.5 Å². The van der Waals surface area contributed by atoms with E-state index >= 15 is 0 Å². The first-order valence-corrected chi connectivity index (χ1v) is 11.0. The number of nitrogens with zero attached hydrogens (tertiary/aromatic N) is 4. The molecule has 0 fully saturated rings. The molecule has 0 aliphatic carbocycles. The van der Waals surface area contributed by atoms with Gasteiger partial charge in [0, 0.05) is 43.7 Å². The monoisotopic (exact) mass is 429 g/mol. The van der Waals surface area contributed by atoms with Gasteiger partial charge in [-0.25, -0.2) is 9.67 Å². The van der Waals surface area contributed by atoms with E-state index in [1.165, 1.54) is 0 Å². The Morgan fingerprint density at radius 1 is 1.16 bits per heavy atom. The quantitative estimate of drug-likeness (QED) is 0.514. The zero-order chi connectivity index (χ0) is 22.2. The van der Waals surface area contributed by atoms with Crippen molar-refractivity contribution in [2.45, 2.75) is 46.2 Å². The normalized spacial score (nSPS) is 14.1. The van der Waals surface area contributed by atoms with Crippen molar-refractivity contribution in [2.75, 3.05) is 6.54 Å². The van der Waals surface area contributed by atoms with E-state index in [1.54, 1.807) is 0 Å². The van der Waals surface area contributed by atoms with Crippen molar-refractivity contribution < 1.29 is 4.42 Å². The molecule has 5 rings (SSSR count). The number of nitrogens with one attached hydrogen (secondary N) is 1. The lowest BCUT2D eigenvalue weighted by Gasteiger charge is -2.27. The van der Waals surface area contributed by atoms with Crippen LogP contribution in [0.25, 0.3) is 17.1 Å². The van der Waals surface area contributed by atoms with Crippen LogP contribution in [-0.2, 0) is 19.5 Å². The molecule has 0 unspecified atom stereocenters. The highest BCUT2D eigenvalue weighted by atomic mass is 16.3. The molecule has 0 radical (unpaired) electrons. The first-order chi connectivity index (χ1) is 15.5. The molecular formula is C25H27N5O2. The Kier molecular flexibility index (Phi) is 5.27. The van der Waals surface area contributed by atoms with Crippen LogP contribution in [0.3, 0.4) is 0 Å². The lowest BCUT2D eigenvalue weighted by Crippen LogP contribution is -2.36. The highest BCUT2D eigenvalue weighted by Crippen LogP contribution is 2.28. The summed E-state index contributed by atoms with van der Waals surface area (Å²) in [7, 11) is 0. The largest absolute Gasteiger partial charge is 0.460 e. The summed E-state index contributed by atoms with van der Waals surface area (Å²) in [5.41, 5.74) is 4.56. The first-order valence-electron chi connectivity index (χ1n) is 11.0. The zero-order valence-electron chi connectivity index (χ0n) is 18.6. The summed E-state index contributed by atoms with van der Waals surface area (Å²) in [5, 5.41) is 4.84. The summed E-state index contributed by atoms with van der Waals surface area (Å²) in [4.78, 5) is 22.7. The van der Waals surface area contributed by atoms with E-state index in [1.807, 2.05) is 67.9 Å². The van der Waals surface area contributed by atoms with Crippen molar-refractivity contribution in [3.8, 4) is 17.1 Å². The molecule has 0 bridgehead atoms. The van der Waals surface area contributed by atoms with Crippen LogP contribution in [0.15, 0.2) is 57.9 Å². The van der Waals surface area contributed by atoms with Gasteiger partial charge in [-0.1, -0.05) is 32.0 Å². The molecule has 1 aliphatic rings. The summed E-state index contributed by atoms with van der Waals surface area (Å²) in [5.74, 6) is 2.58. The first kappa shape index (κ1) is 20.5. The van der Waals surface area contributed by atoms with Crippen molar-refractivity contribution in [2.24, 2.45) is 0 Å². The van der Waals surface area contributed by atoms with Gasteiger partial charge in [-0.3, -0.25) is 9.69 Å². The third-order valence-corrected chi connectivity index (χ3v) is 5.89. The van der Waals surface area contributed by atoms with Gasteiger partial charge in [-0.15, -0.1) is 0 Å². The molecule has 1 aromatic carbocycles. The average molecular weight is 430 g/mol. The van der Waals surface area contributed by atoms with E-state index in [2.05, 4.69) is 16.1 Å². The van der Waals surface area contributed by atoms with Gasteiger partial charge >= 0.3 is 0 Å². The molecular weight excluding hydrogens is 402 g/mol. The lowest BCUT2D eigenvalue weighted by molar-refractivity contribution is 0.241. The van der Waals surface area contributed by atoms with Gasteiger partial charge in [-0.2, -0.15) is 5.10 Å². The summed E-state index contributed by atoms with van der Waals surface area (Å²) < 4.78 is 7.79. The van der Waals surface area contributed by atoms with Crippen molar-refractivity contribution in [3.63, 3.8) is 0 Å². The number of furan rings is 1. The van der Waals surface area contributed by atoms with Crippen LogP contribution < -0.4 is 5.56 Å². The number of rotatable bonds is 5. The molecule has 0 spiro atoms. The van der Waals surface area contributed by atoms with Crippen LogP contribution in [0.1, 0.15) is 48.2 Å². The standard InChI is InChI=1S/C25H27N5O2/c1-16(2)24-26-21-11-12-29(15-20(21)25(31)27-24)13-18-14-30(19-7-5-4-6-8-19)28-23(18)22-10-9-17(3)32-22/h4-10,14,16H,11-13,15H2,1-3H3,(H,26,27,31). The van der Waals surface area contributed by atoms with Crippen LogP contribution in [0.4, 0.5) is 0 Å². The Morgan fingerprint density at radius 3 is 2.69 bits per heavy atom. The van der Waals surface area contributed by atoms with Crippen molar-refractivity contribution in [1.29, 1.82) is 0 Å². The maximum atomic E-state index is 12.7. The van der Waals surface area contributed by atoms with Gasteiger partial charge in [0.2, 0.25) is 0 Å².